The van der Waals surface area contributed by atoms with Crippen LogP contribution in [0, 0.1) is 23.2 Å². The van der Waals surface area contributed by atoms with Crippen LogP contribution < -0.4 is 0 Å². The molecule has 0 radical (unpaired) electrons. The molecule has 0 heterocycles. The molecule has 0 saturated heterocycles. The van der Waals surface area contributed by atoms with E-state index in [0.717, 1.165) is 17.8 Å². The lowest BCUT2D eigenvalue weighted by molar-refractivity contribution is -0.141. The Morgan fingerprint density at radius 3 is 2.25 bits per heavy atom. The Morgan fingerprint density at radius 2 is 1.54 bits per heavy atom. The largest absolute Gasteiger partial charge is 0.298 e. The van der Waals surface area contributed by atoms with Crippen molar-refractivity contribution in [3.05, 3.63) is 42.5 Å². The van der Waals surface area contributed by atoms with Gasteiger partial charge in [0.2, 0.25) is 0 Å². The molecule has 2 aromatic rings. The van der Waals surface area contributed by atoms with E-state index in [0.29, 0.717) is 11.5 Å². The molecule has 4 aliphatic carbocycles. The van der Waals surface area contributed by atoms with Crippen molar-refractivity contribution in [3.63, 3.8) is 0 Å². The van der Waals surface area contributed by atoms with Crippen LogP contribution in [0.15, 0.2) is 47.4 Å². The maximum Gasteiger partial charge on any atom is 0.149 e. The number of rotatable bonds is 4. The minimum Gasteiger partial charge on any atom is -0.298 e. The highest BCUT2D eigenvalue weighted by Crippen LogP contribution is 2.60. The molecule has 2 aromatic carbocycles. The van der Waals surface area contributed by atoms with Gasteiger partial charge in [0.25, 0.3) is 0 Å². The van der Waals surface area contributed by atoms with Gasteiger partial charge in [-0.05, 0) is 73.1 Å². The van der Waals surface area contributed by atoms with Gasteiger partial charge < -0.3 is 0 Å². The van der Waals surface area contributed by atoms with Crippen molar-refractivity contribution in [2.45, 2.75) is 43.4 Å². The number of hydrogen-bond donors (Lipinski definition) is 0. The second kappa shape index (κ2) is 5.62. The second-order valence-corrected chi connectivity index (χ2v) is 9.40. The van der Waals surface area contributed by atoms with Gasteiger partial charge in [0, 0.05) is 10.3 Å². The van der Waals surface area contributed by atoms with Crippen LogP contribution in [-0.4, -0.2) is 11.5 Å². The van der Waals surface area contributed by atoms with Gasteiger partial charge in [-0.3, -0.25) is 4.79 Å². The number of carbonyl (C=O) groups excluding carboxylic acids is 1. The maximum absolute atomic E-state index is 13.2. The van der Waals surface area contributed by atoms with Crippen LogP contribution in [0.2, 0.25) is 0 Å². The van der Waals surface area contributed by atoms with Crippen LogP contribution in [0.5, 0.6) is 0 Å². The SMILES string of the molecule is O=C(CSc1cccc2ccccc12)C12CC3CC(CC(C3)C1)C2. The maximum atomic E-state index is 13.2. The molecule has 4 fully saturated rings. The summed E-state index contributed by atoms with van der Waals surface area (Å²) in [4.78, 5) is 14.4. The van der Waals surface area contributed by atoms with Crippen molar-refractivity contribution >= 4 is 28.3 Å². The molecule has 4 bridgehead atoms. The molecule has 6 rings (SSSR count). The topological polar surface area (TPSA) is 17.1 Å². The number of Topliss-reactive ketones (excluding diaryl/α,β-unsaturated/α-hetero) is 1. The highest BCUT2D eigenvalue weighted by molar-refractivity contribution is 8.00. The predicted molar refractivity (Wildman–Crippen MR) is 100 cm³/mol. The zero-order chi connectivity index (χ0) is 16.1. The van der Waals surface area contributed by atoms with E-state index >= 15 is 0 Å². The Hall–Kier alpha value is -1.28. The molecule has 0 unspecified atom stereocenters. The Balaban J connectivity index is 1.36. The van der Waals surface area contributed by atoms with Crippen LogP contribution >= 0.6 is 11.8 Å². The highest BCUT2D eigenvalue weighted by atomic mass is 32.2. The quantitative estimate of drug-likeness (QED) is 0.664. The molecule has 0 spiro atoms. The highest BCUT2D eigenvalue weighted by Gasteiger charge is 2.53. The van der Waals surface area contributed by atoms with Gasteiger partial charge in [0.15, 0.2) is 0 Å². The number of fused-ring (bicyclic) bond motifs is 1. The molecule has 124 valence electrons. The third-order valence-electron chi connectivity index (χ3n) is 6.74. The summed E-state index contributed by atoms with van der Waals surface area (Å²) in [6.07, 6.45) is 7.78. The van der Waals surface area contributed by atoms with Crippen molar-refractivity contribution < 1.29 is 4.79 Å². The lowest BCUT2D eigenvalue weighted by Gasteiger charge is -2.56. The van der Waals surface area contributed by atoms with Crippen molar-refractivity contribution in [3.8, 4) is 0 Å². The van der Waals surface area contributed by atoms with Gasteiger partial charge in [0.1, 0.15) is 5.78 Å². The van der Waals surface area contributed by atoms with E-state index in [1.807, 2.05) is 0 Å². The van der Waals surface area contributed by atoms with E-state index in [2.05, 4.69) is 42.5 Å². The zero-order valence-electron chi connectivity index (χ0n) is 14.0. The molecule has 0 atom stereocenters. The summed E-state index contributed by atoms with van der Waals surface area (Å²) < 4.78 is 0. The molecule has 0 N–H and O–H groups in total. The molecule has 4 saturated carbocycles. The van der Waals surface area contributed by atoms with Crippen LogP contribution in [0.3, 0.4) is 0 Å². The molecular weight excluding hydrogens is 312 g/mol. The fourth-order valence-corrected chi connectivity index (χ4v) is 7.18. The predicted octanol–water partition coefficient (Wildman–Crippen LogP) is 5.72. The standard InChI is InChI=1S/C22H24OS/c23-21(22-11-15-8-16(12-22)10-17(9-15)13-22)14-24-20-7-3-5-18-4-1-2-6-19(18)20/h1-7,15-17H,8-14H2. The number of hydrogen-bond acceptors (Lipinski definition) is 2. The Labute approximate surface area is 148 Å². The summed E-state index contributed by atoms with van der Waals surface area (Å²) in [7, 11) is 0. The van der Waals surface area contributed by atoms with E-state index in [1.54, 1.807) is 11.8 Å². The first kappa shape index (κ1) is 15.0. The molecule has 0 aliphatic heterocycles. The smallest absolute Gasteiger partial charge is 0.149 e. The molecule has 1 nitrogen and oxygen atoms in total. The molecule has 24 heavy (non-hydrogen) atoms. The van der Waals surface area contributed by atoms with Crippen molar-refractivity contribution in [2.24, 2.45) is 23.2 Å². The molecule has 4 aliphatic rings. The minimum absolute atomic E-state index is 0.0480. The van der Waals surface area contributed by atoms with E-state index < -0.39 is 0 Å². The Kier molecular flexibility index (Phi) is 3.52. The third kappa shape index (κ3) is 2.42. The van der Waals surface area contributed by atoms with Crippen LogP contribution in [-0.2, 0) is 4.79 Å². The second-order valence-electron chi connectivity index (χ2n) is 8.39. The van der Waals surface area contributed by atoms with Gasteiger partial charge in [-0.2, -0.15) is 0 Å². The van der Waals surface area contributed by atoms with Crippen LogP contribution in [0.1, 0.15) is 38.5 Å². The molecule has 0 aromatic heterocycles. The van der Waals surface area contributed by atoms with Crippen molar-refractivity contribution in [2.75, 3.05) is 5.75 Å². The monoisotopic (exact) mass is 336 g/mol. The summed E-state index contributed by atoms with van der Waals surface area (Å²) in [5.74, 6) is 3.74. The molecular formula is C22H24OS. The number of carbonyl (C=O) groups is 1. The molecule has 0 amide bonds. The first-order valence-electron chi connectivity index (χ1n) is 9.36. The van der Waals surface area contributed by atoms with Gasteiger partial charge in [-0.25, -0.2) is 0 Å². The lowest BCUT2D eigenvalue weighted by Crippen LogP contribution is -2.50. The normalized spacial score (nSPS) is 33.9. The lowest BCUT2D eigenvalue weighted by atomic mass is 9.48. The fourth-order valence-electron chi connectivity index (χ4n) is 6.07. The van der Waals surface area contributed by atoms with Gasteiger partial charge >= 0.3 is 0 Å². The Morgan fingerprint density at radius 1 is 0.917 bits per heavy atom. The Bertz CT molecular complexity index is 753. The summed E-state index contributed by atoms with van der Waals surface area (Å²) in [6, 6.07) is 14.9. The van der Waals surface area contributed by atoms with E-state index in [4.69, 9.17) is 0 Å². The van der Waals surface area contributed by atoms with E-state index in [1.165, 1.54) is 54.2 Å². The van der Waals surface area contributed by atoms with Crippen LogP contribution in [0.25, 0.3) is 10.8 Å². The fraction of sp³-hybridized carbons (Fsp3) is 0.500. The number of benzene rings is 2. The van der Waals surface area contributed by atoms with Crippen LogP contribution in [0.4, 0.5) is 0 Å². The summed E-state index contributed by atoms with van der Waals surface area (Å²) in [5, 5.41) is 2.55. The first-order valence-corrected chi connectivity index (χ1v) is 10.3. The first-order chi connectivity index (χ1) is 11.7. The zero-order valence-corrected chi connectivity index (χ0v) is 14.9. The molecule has 2 heteroatoms. The van der Waals surface area contributed by atoms with Gasteiger partial charge in [-0.15, -0.1) is 11.8 Å². The minimum atomic E-state index is 0.0480. The van der Waals surface area contributed by atoms with E-state index in [-0.39, 0.29) is 5.41 Å². The number of ketones is 1. The summed E-state index contributed by atoms with van der Waals surface area (Å²) >= 11 is 1.76. The van der Waals surface area contributed by atoms with E-state index in [9.17, 15) is 4.79 Å². The van der Waals surface area contributed by atoms with Crippen molar-refractivity contribution in [1.82, 2.24) is 0 Å². The summed E-state index contributed by atoms with van der Waals surface area (Å²) in [5.41, 5.74) is 0.0480. The average Bonchev–Trinajstić information content (AvgIpc) is 2.58. The van der Waals surface area contributed by atoms with Crippen molar-refractivity contribution in [1.29, 1.82) is 0 Å². The average molecular weight is 337 g/mol. The number of thioether (sulfide) groups is 1. The summed E-state index contributed by atoms with van der Waals surface area (Å²) in [6.45, 7) is 0. The van der Waals surface area contributed by atoms with Gasteiger partial charge in [0.05, 0.1) is 5.75 Å². The third-order valence-corrected chi connectivity index (χ3v) is 7.81. The van der Waals surface area contributed by atoms with Gasteiger partial charge in [-0.1, -0.05) is 36.4 Å².